The van der Waals surface area contributed by atoms with Crippen LogP contribution in [0.5, 0.6) is 46.0 Å². The Morgan fingerprint density at radius 1 is 0.208 bits per heavy atom. The largest absolute Gasteiger partial charge is 0.494 e. The highest BCUT2D eigenvalue weighted by Gasteiger charge is 2.22. The van der Waals surface area contributed by atoms with Gasteiger partial charge >= 0.3 is 0 Å². The fourth-order valence-corrected chi connectivity index (χ4v) is 17.6. The van der Waals surface area contributed by atoms with Crippen molar-refractivity contribution in [3.8, 4) is 58.1 Å². The topological polar surface area (TPSA) is 121 Å². The van der Waals surface area contributed by atoms with Gasteiger partial charge in [0.25, 0.3) is 0 Å². The summed E-state index contributed by atoms with van der Waals surface area (Å²) < 4.78 is 54.9. The molecule has 0 radical (unpaired) electrons. The summed E-state index contributed by atoms with van der Waals surface area (Å²) in [7, 11) is 0. The molecule has 0 aromatic heterocycles. The summed E-state index contributed by atoms with van der Waals surface area (Å²) in [4.78, 5) is 0. The Balaban J connectivity index is 0.979. The second-order valence-corrected chi connectivity index (χ2v) is 36.2. The minimum Gasteiger partial charge on any atom is -0.494 e. The molecule has 0 aliphatic rings. The highest BCUT2D eigenvalue weighted by molar-refractivity contribution is 6.05. The van der Waals surface area contributed by atoms with Crippen molar-refractivity contribution < 1.29 is 37.9 Å². The molecule has 0 aliphatic heterocycles. The monoisotopic (exact) mass is 1760 g/mol. The van der Waals surface area contributed by atoms with Crippen molar-refractivity contribution >= 4 is 101 Å². The second-order valence-electron chi connectivity index (χ2n) is 36.2. The summed E-state index contributed by atoms with van der Waals surface area (Å²) >= 11 is 0. The van der Waals surface area contributed by atoms with Crippen LogP contribution in [0.15, 0.2) is 146 Å². The first-order chi connectivity index (χ1) is 64.2. The van der Waals surface area contributed by atoms with Gasteiger partial charge in [-0.25, -0.2) is 0 Å². The molecule has 0 aliphatic carbocycles. The lowest BCUT2D eigenvalue weighted by atomic mass is 9.96. The quantitative estimate of drug-likeness (QED) is 0.0207. The Morgan fingerprint density at radius 2 is 0.400 bits per heavy atom. The van der Waals surface area contributed by atoms with E-state index in [0.29, 0.717) is 64.0 Å². The molecule has 0 bridgehead atoms. The van der Waals surface area contributed by atoms with Gasteiger partial charge in [-0.05, 0) is 169 Å². The highest BCUT2D eigenvalue weighted by Crippen LogP contribution is 2.46. The first-order valence-electron chi connectivity index (χ1n) is 51.7. The second kappa shape index (κ2) is 60.0. The van der Waals surface area contributed by atoms with E-state index in [1.54, 1.807) is 0 Å². The van der Waals surface area contributed by atoms with E-state index in [2.05, 4.69) is 237 Å². The van der Waals surface area contributed by atoms with E-state index in [-0.39, 0.29) is 0 Å². The average Bonchev–Trinajstić information content (AvgIpc) is 0.773. The van der Waals surface area contributed by atoms with E-state index in [9.17, 15) is 10.5 Å². The van der Waals surface area contributed by atoms with Crippen LogP contribution in [0.2, 0.25) is 0 Å². The van der Waals surface area contributed by atoms with Crippen LogP contribution in [0.1, 0.15) is 382 Å². The molecule has 130 heavy (non-hydrogen) atoms. The Morgan fingerprint density at radius 3 is 0.638 bits per heavy atom. The standard InChI is InChI=1S/C120H158N2O8/c1-9-17-25-33-35-37-39-41-43-51-77-123-107-69-61-97-85-99(57-59-101(97)89-107)105(91-121)87-103-67-75-111-113(119(103)129-83-49-31-23-15-7)73-65-95(117(111)127-81-47-29-21-13-5)55-53-93-63-71-110-109(115(93)125-79-45-27-19-11-3)72-64-94(116(110)126-80-46-28-20-12-4)54-56-96-66-74-114-112(118(96)128-82-48-30-22-14-6)76-68-104(120(114)130-84-50-32-24-16-8)88-106(92-122)100-58-60-102-90-108(70-62-98(102)86-100)124-78-52-44-42-40-38-36-34-26-18-10-2/h53-76,85-90H,9-52,77-84H2,1-8H3/b55-53+,56-54+,105-87+,106-88+. The lowest BCUT2D eigenvalue weighted by Crippen LogP contribution is -2.03. The molecule has 0 atom stereocenters. The first-order valence-corrected chi connectivity index (χ1v) is 51.7. The Hall–Kier alpha value is -10.2. The smallest absolute Gasteiger partial charge is 0.134 e. The molecular formula is C120H158N2O8. The van der Waals surface area contributed by atoms with Gasteiger partial charge in [-0.15, -0.1) is 0 Å². The molecule has 0 spiro atoms. The minimum atomic E-state index is 0.553. The zero-order valence-corrected chi connectivity index (χ0v) is 81.3. The van der Waals surface area contributed by atoms with Crippen molar-refractivity contribution in [1.82, 2.24) is 0 Å². The summed E-state index contributed by atoms with van der Waals surface area (Å²) in [6.45, 7) is 22.9. The van der Waals surface area contributed by atoms with Gasteiger partial charge in [0.2, 0.25) is 0 Å². The van der Waals surface area contributed by atoms with Gasteiger partial charge in [0.15, 0.2) is 0 Å². The number of nitrogens with zero attached hydrogens (tertiary/aromatic N) is 2. The summed E-state index contributed by atoms with van der Waals surface area (Å²) in [5, 5.41) is 32.1. The van der Waals surface area contributed by atoms with Crippen LogP contribution >= 0.6 is 0 Å². The normalized spacial score (nSPS) is 11.9. The fourth-order valence-electron chi connectivity index (χ4n) is 17.6. The fraction of sp³-hybridized carbons (Fsp3) is 0.500. The zero-order chi connectivity index (χ0) is 91.2. The van der Waals surface area contributed by atoms with Gasteiger partial charge in [0.1, 0.15) is 46.0 Å². The van der Waals surface area contributed by atoms with E-state index >= 15 is 0 Å². The van der Waals surface area contributed by atoms with Crippen molar-refractivity contribution in [2.45, 2.75) is 338 Å². The van der Waals surface area contributed by atoms with Gasteiger partial charge in [-0.3, -0.25) is 0 Å². The van der Waals surface area contributed by atoms with Gasteiger partial charge in [-0.2, -0.15) is 10.5 Å². The highest BCUT2D eigenvalue weighted by atomic mass is 16.5. The SMILES string of the molecule is CCCCCCCCCCCCOc1ccc2cc(/C(C#N)=C/c3ccc4c(OCCCCCC)c(/C=C/c5ccc6c(OCCCCCC)c(/C=C/c7ccc8c(OCCCCCC)c(/C=C(\C#N)c9ccc%10cc(OCCCCCCCCCCCC)ccc%10c9)ccc8c7OCCCCCC)ccc6c5OCCCCCC)ccc4c3OCCCCCC)ccc2c1. The zero-order valence-electron chi connectivity index (χ0n) is 81.3. The third kappa shape index (κ3) is 32.7. The number of benzene rings is 10. The summed E-state index contributed by atoms with van der Waals surface area (Å²) in [6.07, 6.45) is 64.4. The first kappa shape index (κ1) is 102. The number of hydrogen-bond acceptors (Lipinski definition) is 10. The predicted octanol–water partition coefficient (Wildman–Crippen LogP) is 36.3. The lowest BCUT2D eigenvalue weighted by Gasteiger charge is -2.19. The predicted molar refractivity (Wildman–Crippen MR) is 557 cm³/mol. The van der Waals surface area contributed by atoms with Gasteiger partial charge in [0, 0.05) is 65.7 Å². The Labute approximate surface area is 784 Å². The maximum atomic E-state index is 11.0. The lowest BCUT2D eigenvalue weighted by molar-refractivity contribution is 0.304. The molecule has 10 rings (SSSR count). The van der Waals surface area contributed by atoms with Crippen molar-refractivity contribution in [3.05, 3.63) is 190 Å². The third-order valence-corrected chi connectivity index (χ3v) is 25.5. The molecular weight excluding hydrogens is 1600 g/mol. The van der Waals surface area contributed by atoms with Crippen LogP contribution in [0, 0.1) is 22.7 Å². The van der Waals surface area contributed by atoms with Crippen LogP contribution in [0.25, 0.3) is 101 Å². The Bertz CT molecular complexity index is 4920. The molecule has 10 aromatic rings. The number of nitriles is 2. The molecule has 0 amide bonds. The number of rotatable bonds is 68. The molecule has 0 N–H and O–H groups in total. The van der Waals surface area contributed by atoms with E-state index < -0.39 is 0 Å². The van der Waals surface area contributed by atoms with Gasteiger partial charge in [-0.1, -0.05) is 384 Å². The van der Waals surface area contributed by atoms with Crippen LogP contribution in [-0.2, 0) is 0 Å². The number of hydrogen-bond donors (Lipinski definition) is 0. The van der Waals surface area contributed by atoms with Crippen molar-refractivity contribution in [3.63, 3.8) is 0 Å². The van der Waals surface area contributed by atoms with Gasteiger partial charge in [0.05, 0.1) is 76.1 Å². The molecule has 0 fully saturated rings. The van der Waals surface area contributed by atoms with E-state index in [0.717, 1.165) is 311 Å². The summed E-state index contributed by atoms with van der Waals surface area (Å²) in [6, 6.07) is 56.5. The van der Waals surface area contributed by atoms with Crippen molar-refractivity contribution in [1.29, 1.82) is 10.5 Å². The van der Waals surface area contributed by atoms with Crippen LogP contribution in [0.4, 0.5) is 0 Å². The molecule has 0 saturated carbocycles. The molecule has 696 valence electrons. The third-order valence-electron chi connectivity index (χ3n) is 25.5. The maximum absolute atomic E-state index is 11.0. The number of allylic oxidation sites excluding steroid dienone is 2. The van der Waals surface area contributed by atoms with Crippen molar-refractivity contribution in [2.24, 2.45) is 0 Å². The Kier molecular flexibility index (Phi) is 47.1. The van der Waals surface area contributed by atoms with E-state index in [1.165, 1.54) is 116 Å². The van der Waals surface area contributed by atoms with E-state index in [4.69, 9.17) is 37.9 Å². The molecule has 0 heterocycles. The average molecular weight is 1760 g/mol. The molecule has 0 saturated heterocycles. The van der Waals surface area contributed by atoms with Gasteiger partial charge < -0.3 is 37.9 Å². The minimum absolute atomic E-state index is 0.553. The van der Waals surface area contributed by atoms with Crippen LogP contribution < -0.4 is 37.9 Å². The number of fused-ring (bicyclic) bond motifs is 5. The number of unbranched alkanes of at least 4 members (excludes halogenated alkanes) is 36. The van der Waals surface area contributed by atoms with Crippen molar-refractivity contribution in [2.75, 3.05) is 52.9 Å². The summed E-state index contributed by atoms with van der Waals surface area (Å²) in [5.41, 5.74) is 8.36. The maximum Gasteiger partial charge on any atom is 0.134 e. The molecule has 10 nitrogen and oxygen atoms in total. The molecule has 0 unspecified atom stereocenters. The molecule has 10 heteroatoms. The molecule has 10 aromatic carbocycles. The van der Waals surface area contributed by atoms with Crippen LogP contribution in [-0.4, -0.2) is 52.9 Å². The number of ether oxygens (including phenoxy) is 8. The summed E-state index contributed by atoms with van der Waals surface area (Å²) in [5.74, 6) is 6.52. The van der Waals surface area contributed by atoms with Crippen LogP contribution in [0.3, 0.4) is 0 Å². The van der Waals surface area contributed by atoms with E-state index in [1.807, 2.05) is 12.2 Å².